The first kappa shape index (κ1) is 65.6. The second-order valence-corrected chi connectivity index (χ2v) is 19.2. The lowest BCUT2D eigenvalue weighted by atomic mass is 10.0. The van der Waals surface area contributed by atoms with Crippen LogP contribution in [0, 0.1) is 0 Å². The van der Waals surface area contributed by atoms with Crippen molar-refractivity contribution in [2.75, 3.05) is 13.2 Å². The largest absolute Gasteiger partial charge is 0.462 e. The van der Waals surface area contributed by atoms with Gasteiger partial charge in [-0.1, -0.05) is 247 Å². The molecule has 0 aromatic heterocycles. The maximum atomic E-state index is 12.9. The van der Waals surface area contributed by atoms with Crippen LogP contribution in [0.4, 0.5) is 0 Å². The zero-order valence-electron chi connectivity index (χ0n) is 45.3. The van der Waals surface area contributed by atoms with E-state index in [1.54, 1.807) is 0 Å². The van der Waals surface area contributed by atoms with Gasteiger partial charge < -0.3 is 14.2 Å². The Morgan fingerprint density at radius 3 is 0.942 bits per heavy atom. The molecule has 0 saturated heterocycles. The Morgan fingerprint density at radius 1 is 0.304 bits per heavy atom. The summed E-state index contributed by atoms with van der Waals surface area (Å²) in [6, 6.07) is 0. The predicted molar refractivity (Wildman–Crippen MR) is 297 cm³/mol. The van der Waals surface area contributed by atoms with E-state index in [4.69, 9.17) is 14.2 Å². The number of carbonyl (C=O) groups excluding carboxylic acids is 3. The van der Waals surface area contributed by atoms with E-state index in [1.807, 2.05) is 0 Å². The minimum Gasteiger partial charge on any atom is -0.462 e. The van der Waals surface area contributed by atoms with E-state index in [2.05, 4.69) is 106 Å². The van der Waals surface area contributed by atoms with Gasteiger partial charge in [0.1, 0.15) is 13.2 Å². The van der Waals surface area contributed by atoms with Gasteiger partial charge in [0, 0.05) is 19.3 Å². The summed E-state index contributed by atoms with van der Waals surface area (Å²) < 4.78 is 16.8. The fraction of sp³-hybridized carbons (Fsp3) is 0.730. The van der Waals surface area contributed by atoms with Crippen LogP contribution in [0.15, 0.2) is 85.1 Å². The van der Waals surface area contributed by atoms with Gasteiger partial charge in [-0.3, -0.25) is 14.4 Å². The van der Waals surface area contributed by atoms with Gasteiger partial charge in [0.05, 0.1) is 0 Å². The van der Waals surface area contributed by atoms with Crippen LogP contribution in [0.25, 0.3) is 0 Å². The fourth-order valence-electron chi connectivity index (χ4n) is 8.03. The standard InChI is InChI=1S/C63H108O6/c1-4-7-10-13-16-19-22-25-28-30-31-33-36-39-42-45-48-51-54-57-63(66)69-60(58-67-61(64)55-52-49-46-43-40-37-34-27-24-21-18-15-12-9-6-3)59-68-62(65)56-53-50-47-44-41-38-35-32-29-26-23-20-17-14-11-8-5-2/h8,11,17-18,20-21,26-27,29,34-35,38,40,43,60H,4-7,9-10,12-16,19,22-25,28,30-33,36-37,39,41-42,44-59H2,1-3H3/b11-8-,20-17-,21-18-,29-26-,34-27-,38-35-,43-40-/t60-/m0/s1. The first-order chi connectivity index (χ1) is 34.0. The first-order valence-corrected chi connectivity index (χ1v) is 29.1. The molecule has 0 aliphatic carbocycles. The summed E-state index contributed by atoms with van der Waals surface area (Å²) in [4.78, 5) is 38.2. The van der Waals surface area contributed by atoms with Crippen molar-refractivity contribution in [3.05, 3.63) is 85.1 Å². The number of hydrogen-bond acceptors (Lipinski definition) is 6. The number of ether oxygens (including phenoxy) is 3. The zero-order valence-corrected chi connectivity index (χ0v) is 45.3. The topological polar surface area (TPSA) is 78.9 Å². The van der Waals surface area contributed by atoms with Crippen LogP contribution in [0.1, 0.15) is 278 Å². The molecule has 0 rings (SSSR count). The average Bonchev–Trinajstić information content (AvgIpc) is 3.35. The summed E-state index contributed by atoms with van der Waals surface area (Å²) in [7, 11) is 0. The second kappa shape index (κ2) is 57.2. The van der Waals surface area contributed by atoms with Gasteiger partial charge in [-0.2, -0.15) is 0 Å². The molecule has 0 unspecified atom stereocenters. The Morgan fingerprint density at radius 2 is 0.565 bits per heavy atom. The highest BCUT2D eigenvalue weighted by molar-refractivity contribution is 5.71. The van der Waals surface area contributed by atoms with Crippen LogP contribution in [-0.4, -0.2) is 37.2 Å². The van der Waals surface area contributed by atoms with Crippen molar-refractivity contribution in [3.8, 4) is 0 Å². The molecule has 0 N–H and O–H groups in total. The van der Waals surface area contributed by atoms with Crippen LogP contribution < -0.4 is 0 Å². The monoisotopic (exact) mass is 961 g/mol. The highest BCUT2D eigenvalue weighted by Gasteiger charge is 2.19. The van der Waals surface area contributed by atoms with E-state index in [0.717, 1.165) is 109 Å². The van der Waals surface area contributed by atoms with Gasteiger partial charge in [0.2, 0.25) is 0 Å². The number of unbranched alkanes of at least 4 members (excludes halogenated alkanes) is 27. The lowest BCUT2D eigenvalue weighted by molar-refractivity contribution is -0.167. The molecule has 0 aromatic rings. The van der Waals surface area contributed by atoms with Crippen molar-refractivity contribution >= 4 is 17.9 Å². The van der Waals surface area contributed by atoms with Crippen molar-refractivity contribution in [2.45, 2.75) is 284 Å². The van der Waals surface area contributed by atoms with Gasteiger partial charge in [-0.15, -0.1) is 0 Å². The van der Waals surface area contributed by atoms with Crippen molar-refractivity contribution in [3.63, 3.8) is 0 Å². The molecule has 6 heteroatoms. The molecule has 6 nitrogen and oxygen atoms in total. The van der Waals surface area contributed by atoms with Gasteiger partial charge in [0.15, 0.2) is 6.10 Å². The Labute approximate surface area is 426 Å². The van der Waals surface area contributed by atoms with Gasteiger partial charge >= 0.3 is 17.9 Å². The minimum absolute atomic E-state index is 0.0998. The summed E-state index contributed by atoms with van der Waals surface area (Å²) in [5, 5.41) is 0. The summed E-state index contributed by atoms with van der Waals surface area (Å²) >= 11 is 0. The lowest BCUT2D eigenvalue weighted by Gasteiger charge is -2.18. The van der Waals surface area contributed by atoms with E-state index in [-0.39, 0.29) is 31.1 Å². The van der Waals surface area contributed by atoms with E-state index < -0.39 is 6.10 Å². The van der Waals surface area contributed by atoms with E-state index in [0.29, 0.717) is 19.3 Å². The summed E-state index contributed by atoms with van der Waals surface area (Å²) in [6.45, 7) is 6.47. The van der Waals surface area contributed by atoms with Crippen LogP contribution in [-0.2, 0) is 28.6 Å². The molecule has 0 heterocycles. The number of allylic oxidation sites excluding steroid dienone is 14. The SMILES string of the molecule is CC/C=C\C/C=C\C/C=C\C/C=C\CCCCCCC(=O)OC[C@H](COC(=O)CCCC/C=C\C/C=C\C/C=C\CCCCC)OC(=O)CCCCCCCCCCCCCCCCCCCCC. The molecule has 396 valence electrons. The first-order valence-electron chi connectivity index (χ1n) is 29.1. The van der Waals surface area contributed by atoms with Crippen molar-refractivity contribution in [1.29, 1.82) is 0 Å². The Bertz CT molecular complexity index is 1330. The maximum absolute atomic E-state index is 12.9. The summed E-state index contributed by atoms with van der Waals surface area (Å²) in [5.41, 5.74) is 0. The molecule has 0 saturated carbocycles. The van der Waals surface area contributed by atoms with Gasteiger partial charge in [-0.25, -0.2) is 0 Å². The molecule has 69 heavy (non-hydrogen) atoms. The number of rotatable bonds is 52. The molecule has 0 fully saturated rings. The third kappa shape index (κ3) is 55.4. The van der Waals surface area contributed by atoms with Crippen molar-refractivity contribution in [2.24, 2.45) is 0 Å². The quantitative estimate of drug-likeness (QED) is 0.0262. The second-order valence-electron chi connectivity index (χ2n) is 19.2. The number of carbonyl (C=O) groups is 3. The molecule has 0 aliphatic rings. The summed E-state index contributed by atoms with van der Waals surface area (Å²) in [6.07, 6.45) is 74.3. The fourth-order valence-corrected chi connectivity index (χ4v) is 8.03. The molecule has 0 bridgehead atoms. The predicted octanol–water partition coefficient (Wildman–Crippen LogP) is 19.5. The van der Waals surface area contributed by atoms with E-state index in [9.17, 15) is 14.4 Å². The van der Waals surface area contributed by atoms with Gasteiger partial charge in [-0.05, 0) is 96.3 Å². The highest BCUT2D eigenvalue weighted by atomic mass is 16.6. The Kier molecular flexibility index (Phi) is 54.3. The third-order valence-electron chi connectivity index (χ3n) is 12.4. The van der Waals surface area contributed by atoms with Crippen LogP contribution in [0.2, 0.25) is 0 Å². The molecular weight excluding hydrogens is 853 g/mol. The lowest BCUT2D eigenvalue weighted by Crippen LogP contribution is -2.30. The smallest absolute Gasteiger partial charge is 0.306 e. The molecule has 1 atom stereocenters. The zero-order chi connectivity index (χ0) is 50.0. The molecule has 0 spiro atoms. The number of hydrogen-bond donors (Lipinski definition) is 0. The minimum atomic E-state index is -0.802. The molecule has 0 aromatic carbocycles. The van der Waals surface area contributed by atoms with Crippen molar-refractivity contribution < 1.29 is 28.6 Å². The Balaban J connectivity index is 4.45. The number of esters is 3. The van der Waals surface area contributed by atoms with Gasteiger partial charge in [0.25, 0.3) is 0 Å². The maximum Gasteiger partial charge on any atom is 0.306 e. The van der Waals surface area contributed by atoms with E-state index >= 15 is 0 Å². The molecular formula is C63H108O6. The van der Waals surface area contributed by atoms with Crippen LogP contribution >= 0.6 is 0 Å². The Hall–Kier alpha value is -3.41. The third-order valence-corrected chi connectivity index (χ3v) is 12.4. The van der Waals surface area contributed by atoms with Crippen molar-refractivity contribution in [1.82, 2.24) is 0 Å². The molecule has 0 aliphatic heterocycles. The highest BCUT2D eigenvalue weighted by Crippen LogP contribution is 2.16. The average molecular weight is 962 g/mol. The molecule has 0 radical (unpaired) electrons. The molecule has 0 amide bonds. The summed E-state index contributed by atoms with van der Waals surface area (Å²) in [5.74, 6) is -0.952. The van der Waals surface area contributed by atoms with E-state index in [1.165, 1.54) is 128 Å². The van der Waals surface area contributed by atoms with Crippen LogP contribution in [0.3, 0.4) is 0 Å². The van der Waals surface area contributed by atoms with Crippen LogP contribution in [0.5, 0.6) is 0 Å². The normalized spacial score (nSPS) is 12.7.